The molecule has 0 amide bonds. The molecule has 0 saturated carbocycles. The lowest BCUT2D eigenvalue weighted by Gasteiger charge is -2.07. The Hall–Kier alpha value is -2.20. The van der Waals surface area contributed by atoms with Gasteiger partial charge in [-0.25, -0.2) is 12.7 Å². The smallest absolute Gasteiger partial charge is 0.275 e. The summed E-state index contributed by atoms with van der Waals surface area (Å²) in [7, 11) is -0.808. The number of benzene rings is 1. The third-order valence-electron chi connectivity index (χ3n) is 3.73. The summed E-state index contributed by atoms with van der Waals surface area (Å²) < 4.78 is 36.1. The minimum Gasteiger partial charge on any atom is -0.448 e. The van der Waals surface area contributed by atoms with Crippen LogP contribution in [0.3, 0.4) is 0 Å². The molecule has 2 aromatic heterocycles. The molecule has 2 N–H and O–H groups in total. The number of nitrogens with zero attached hydrogens (tertiary/aromatic N) is 3. The van der Waals surface area contributed by atoms with Crippen LogP contribution in [0.2, 0.25) is 0 Å². The predicted octanol–water partition coefficient (Wildman–Crippen LogP) is 2.44. The Labute approximate surface area is 157 Å². The molecule has 0 saturated heterocycles. The van der Waals surface area contributed by atoms with E-state index in [0.717, 1.165) is 15.4 Å². The third-order valence-corrected chi connectivity index (χ3v) is 5.41. The maximum Gasteiger partial charge on any atom is 0.275 e. The monoisotopic (exact) mass is 398 g/mol. The van der Waals surface area contributed by atoms with Gasteiger partial charge in [0.05, 0.1) is 5.56 Å². The highest BCUT2D eigenvalue weighted by Crippen LogP contribution is 2.30. The lowest BCUT2D eigenvalue weighted by Crippen LogP contribution is -2.21. The summed E-state index contributed by atoms with van der Waals surface area (Å²) in [6, 6.07) is 8.86. The number of rotatable bonds is 5. The van der Waals surface area contributed by atoms with Crippen LogP contribution in [0.15, 0.2) is 44.4 Å². The van der Waals surface area contributed by atoms with E-state index in [9.17, 15) is 8.42 Å². The van der Waals surface area contributed by atoms with Gasteiger partial charge in [-0.2, -0.15) is 4.98 Å². The summed E-state index contributed by atoms with van der Waals surface area (Å²) in [5, 5.41) is 3.78. The fourth-order valence-corrected chi connectivity index (χ4v) is 3.07. The van der Waals surface area contributed by atoms with Gasteiger partial charge in [-0.3, -0.25) is 0 Å². The minimum atomic E-state index is -3.67. The molecule has 0 aliphatic carbocycles. The molecule has 1 aromatic carbocycles. The molecule has 0 atom stereocenters. The van der Waals surface area contributed by atoms with Crippen LogP contribution in [0.1, 0.15) is 11.3 Å². The summed E-state index contributed by atoms with van der Waals surface area (Å²) in [6.07, 6.45) is 0. The van der Waals surface area contributed by atoms with E-state index in [1.165, 1.54) is 20.2 Å². The van der Waals surface area contributed by atoms with Gasteiger partial charge in [-0.05, 0) is 12.5 Å². The van der Waals surface area contributed by atoms with Crippen LogP contribution in [0.25, 0.3) is 22.8 Å². The quantitative estimate of drug-likeness (QED) is 0.701. The van der Waals surface area contributed by atoms with Crippen LogP contribution in [0.4, 0.5) is 0 Å². The first-order valence-corrected chi connectivity index (χ1v) is 8.93. The summed E-state index contributed by atoms with van der Waals surface area (Å²) in [4.78, 5) is 4.33. The molecule has 0 spiro atoms. The fourth-order valence-electron chi connectivity index (χ4n) is 2.21. The summed E-state index contributed by atoms with van der Waals surface area (Å²) >= 11 is 0. The average molecular weight is 399 g/mol. The summed E-state index contributed by atoms with van der Waals surface area (Å²) in [5.41, 5.74) is 7.79. The van der Waals surface area contributed by atoms with E-state index in [-0.39, 0.29) is 23.4 Å². The van der Waals surface area contributed by atoms with E-state index in [0.29, 0.717) is 23.7 Å². The first-order chi connectivity index (χ1) is 11.8. The number of halogens is 1. The van der Waals surface area contributed by atoms with Crippen molar-refractivity contribution in [1.82, 2.24) is 14.4 Å². The van der Waals surface area contributed by atoms with E-state index < -0.39 is 10.0 Å². The highest BCUT2D eigenvalue weighted by molar-refractivity contribution is 7.88. The molecule has 0 unspecified atom stereocenters. The van der Waals surface area contributed by atoms with E-state index >= 15 is 0 Å². The van der Waals surface area contributed by atoms with Gasteiger partial charge in [0.1, 0.15) is 5.76 Å². The van der Waals surface area contributed by atoms with Crippen molar-refractivity contribution in [3.05, 3.63) is 41.7 Å². The second-order valence-electron chi connectivity index (χ2n) is 5.65. The zero-order valence-electron chi connectivity index (χ0n) is 14.5. The molecule has 0 aliphatic heterocycles. The standard InChI is InChI=1S/C16H18N4O4S.ClH/c1-10-13(8-14(23-10)25(21,22)20(2)3)16-18-15(19-24-16)12-6-4-11(9-17)5-7-12;/h4-8H,9,17H2,1-3H3;1H. The zero-order chi connectivity index (χ0) is 18.2. The molecule has 26 heavy (non-hydrogen) atoms. The van der Waals surface area contributed by atoms with Crippen LogP contribution in [0.5, 0.6) is 0 Å². The number of aryl methyl sites for hydroxylation is 1. The Balaban J connectivity index is 0.00000243. The molecule has 3 aromatic rings. The maximum absolute atomic E-state index is 12.2. The van der Waals surface area contributed by atoms with Gasteiger partial charge in [0, 0.05) is 32.3 Å². The number of hydrogen-bond acceptors (Lipinski definition) is 7. The van der Waals surface area contributed by atoms with E-state index in [2.05, 4.69) is 10.1 Å². The van der Waals surface area contributed by atoms with Crippen molar-refractivity contribution in [2.45, 2.75) is 18.6 Å². The van der Waals surface area contributed by atoms with Crippen molar-refractivity contribution in [2.75, 3.05) is 14.1 Å². The van der Waals surface area contributed by atoms with Crippen molar-refractivity contribution in [1.29, 1.82) is 0 Å². The Kier molecular flexibility index (Phi) is 5.87. The Morgan fingerprint density at radius 2 is 1.85 bits per heavy atom. The number of furan rings is 1. The van der Waals surface area contributed by atoms with Crippen LogP contribution in [-0.4, -0.2) is 37.0 Å². The zero-order valence-corrected chi connectivity index (χ0v) is 16.1. The van der Waals surface area contributed by atoms with Crippen LogP contribution < -0.4 is 5.73 Å². The van der Waals surface area contributed by atoms with Crippen molar-refractivity contribution < 1.29 is 17.4 Å². The lowest BCUT2D eigenvalue weighted by molar-refractivity contribution is 0.407. The second-order valence-corrected chi connectivity index (χ2v) is 7.73. The molecule has 0 aliphatic rings. The van der Waals surface area contributed by atoms with Gasteiger partial charge < -0.3 is 14.7 Å². The first kappa shape index (κ1) is 20.1. The van der Waals surface area contributed by atoms with Gasteiger partial charge in [-0.1, -0.05) is 29.4 Å². The second kappa shape index (κ2) is 7.58. The molecule has 0 bridgehead atoms. The van der Waals surface area contributed by atoms with E-state index in [4.69, 9.17) is 14.7 Å². The SMILES string of the molecule is Cc1oc(S(=O)(=O)N(C)C)cc1-c1nc(-c2ccc(CN)cc2)no1.Cl. The molecular formula is C16H19ClN4O4S. The minimum absolute atomic E-state index is 0. The van der Waals surface area contributed by atoms with Gasteiger partial charge in [0.15, 0.2) is 0 Å². The fraction of sp³-hybridized carbons (Fsp3) is 0.250. The normalized spacial score (nSPS) is 11.6. The average Bonchev–Trinajstić information content (AvgIpc) is 3.21. The largest absolute Gasteiger partial charge is 0.448 e. The van der Waals surface area contributed by atoms with Gasteiger partial charge in [0.2, 0.25) is 10.9 Å². The van der Waals surface area contributed by atoms with E-state index in [1.54, 1.807) is 6.92 Å². The molecular weight excluding hydrogens is 380 g/mol. The Bertz CT molecular complexity index is 994. The number of sulfonamides is 1. The molecule has 8 nitrogen and oxygen atoms in total. The van der Waals surface area contributed by atoms with Crippen molar-refractivity contribution in [3.63, 3.8) is 0 Å². The summed E-state index contributed by atoms with van der Waals surface area (Å²) in [5.74, 6) is 0.977. The number of aromatic nitrogens is 2. The Morgan fingerprint density at radius 3 is 2.42 bits per heavy atom. The topological polar surface area (TPSA) is 115 Å². The molecule has 10 heteroatoms. The third kappa shape index (κ3) is 3.65. The maximum atomic E-state index is 12.2. The van der Waals surface area contributed by atoms with Gasteiger partial charge in [0.25, 0.3) is 15.9 Å². The molecule has 140 valence electrons. The predicted molar refractivity (Wildman–Crippen MR) is 98.2 cm³/mol. The molecule has 0 radical (unpaired) electrons. The summed E-state index contributed by atoms with van der Waals surface area (Å²) in [6.45, 7) is 2.10. The molecule has 2 heterocycles. The highest BCUT2D eigenvalue weighted by Gasteiger charge is 2.26. The Morgan fingerprint density at radius 1 is 1.19 bits per heavy atom. The first-order valence-electron chi connectivity index (χ1n) is 7.49. The van der Waals surface area contributed by atoms with Crippen LogP contribution in [-0.2, 0) is 16.6 Å². The van der Waals surface area contributed by atoms with Crippen molar-refractivity contribution in [3.8, 4) is 22.8 Å². The van der Waals surface area contributed by atoms with Crippen LogP contribution >= 0.6 is 12.4 Å². The highest BCUT2D eigenvalue weighted by atomic mass is 35.5. The van der Waals surface area contributed by atoms with Crippen LogP contribution in [0, 0.1) is 6.92 Å². The van der Waals surface area contributed by atoms with Gasteiger partial charge in [-0.15, -0.1) is 12.4 Å². The van der Waals surface area contributed by atoms with Crippen molar-refractivity contribution >= 4 is 22.4 Å². The lowest BCUT2D eigenvalue weighted by atomic mass is 10.1. The van der Waals surface area contributed by atoms with E-state index in [1.807, 2.05) is 24.3 Å². The molecule has 0 fully saturated rings. The van der Waals surface area contributed by atoms with Crippen molar-refractivity contribution in [2.24, 2.45) is 5.73 Å². The number of hydrogen-bond donors (Lipinski definition) is 1. The van der Waals surface area contributed by atoms with Gasteiger partial charge >= 0.3 is 0 Å². The number of nitrogens with two attached hydrogens (primary N) is 1. The molecule has 3 rings (SSSR count).